The second-order valence-corrected chi connectivity index (χ2v) is 7.31. The highest BCUT2D eigenvalue weighted by molar-refractivity contribution is 7.12. The molecule has 0 amide bonds. The molecule has 0 nitrogen and oxygen atoms in total. The summed E-state index contributed by atoms with van der Waals surface area (Å²) >= 11 is 3.65. The van der Waals surface area contributed by atoms with Crippen LogP contribution in [0.3, 0.4) is 0 Å². The van der Waals surface area contributed by atoms with Crippen molar-refractivity contribution in [3.63, 3.8) is 0 Å². The van der Waals surface area contributed by atoms with E-state index in [1.807, 2.05) is 22.7 Å². The summed E-state index contributed by atoms with van der Waals surface area (Å²) < 4.78 is 0. The van der Waals surface area contributed by atoms with E-state index < -0.39 is 0 Å². The number of hydrogen-bond donors (Lipinski definition) is 0. The third kappa shape index (κ3) is 1.62. The lowest BCUT2D eigenvalue weighted by molar-refractivity contribution is 1.69. The number of hydrogen-bond acceptors (Lipinski definition) is 2. The Bertz CT molecular complexity index is 924. The summed E-state index contributed by atoms with van der Waals surface area (Å²) in [7, 11) is 0. The third-order valence-electron chi connectivity index (χ3n) is 4.23. The Labute approximate surface area is 137 Å². The smallest absolute Gasteiger partial charge is 0.0355 e. The molecule has 0 radical (unpaired) electrons. The van der Waals surface area contributed by atoms with Gasteiger partial charge in [0, 0.05) is 20.9 Å². The van der Waals surface area contributed by atoms with Crippen LogP contribution in [0.5, 0.6) is 0 Å². The van der Waals surface area contributed by atoms with Crippen molar-refractivity contribution in [3.8, 4) is 0 Å². The molecule has 0 atom stereocenters. The summed E-state index contributed by atoms with van der Waals surface area (Å²) in [5, 5.41) is 7.06. The van der Waals surface area contributed by atoms with Crippen LogP contribution in [0, 0.1) is 0 Å². The lowest BCUT2D eigenvalue weighted by atomic mass is 10.0. The van der Waals surface area contributed by atoms with Crippen LogP contribution in [0.25, 0.3) is 21.9 Å². The fourth-order valence-electron chi connectivity index (χ4n) is 3.38. The fourth-order valence-corrected chi connectivity index (χ4v) is 4.96. The first-order chi connectivity index (χ1) is 10.9. The van der Waals surface area contributed by atoms with Crippen molar-refractivity contribution in [2.45, 2.75) is 0 Å². The van der Waals surface area contributed by atoms with E-state index in [1.165, 1.54) is 42.8 Å². The Morgan fingerprint density at radius 1 is 0.545 bits per heavy atom. The molecule has 0 fully saturated rings. The zero-order valence-corrected chi connectivity index (χ0v) is 13.4. The van der Waals surface area contributed by atoms with Gasteiger partial charge in [0.15, 0.2) is 0 Å². The Morgan fingerprint density at radius 2 is 1.09 bits per heavy atom. The van der Waals surface area contributed by atoms with E-state index in [1.54, 1.807) is 0 Å². The lowest BCUT2D eigenvalue weighted by Crippen LogP contribution is -1.85. The Hall–Kier alpha value is -2.16. The molecule has 0 saturated carbocycles. The molecule has 0 bridgehead atoms. The standard InChI is InChI=1S/C20H12S2/c1-5-13-6-2-8-15-18(13)14(7-1)19(16-9-3-11-21-16)20(15)17-10-4-12-22-17/h1-12H. The summed E-state index contributed by atoms with van der Waals surface area (Å²) in [6.07, 6.45) is 0. The molecule has 5 rings (SSSR count). The van der Waals surface area contributed by atoms with Crippen molar-refractivity contribution in [2.75, 3.05) is 0 Å². The predicted molar refractivity (Wildman–Crippen MR) is 97.6 cm³/mol. The molecular weight excluding hydrogens is 304 g/mol. The van der Waals surface area contributed by atoms with Crippen LogP contribution in [0.4, 0.5) is 0 Å². The summed E-state index contributed by atoms with van der Waals surface area (Å²) in [6, 6.07) is 22.1. The second-order valence-electron chi connectivity index (χ2n) is 5.41. The van der Waals surface area contributed by atoms with E-state index in [0.29, 0.717) is 0 Å². The monoisotopic (exact) mass is 316 g/mol. The van der Waals surface area contributed by atoms with E-state index in [9.17, 15) is 0 Å². The van der Waals surface area contributed by atoms with Crippen LogP contribution in [-0.4, -0.2) is 0 Å². The first-order valence-electron chi connectivity index (χ1n) is 7.28. The van der Waals surface area contributed by atoms with Gasteiger partial charge in [0.05, 0.1) is 0 Å². The minimum absolute atomic E-state index is 1.33. The molecule has 0 saturated heterocycles. The fraction of sp³-hybridized carbons (Fsp3) is 0. The molecule has 2 aromatic carbocycles. The number of thiophene rings is 2. The topological polar surface area (TPSA) is 0 Å². The van der Waals surface area contributed by atoms with Gasteiger partial charge >= 0.3 is 0 Å². The van der Waals surface area contributed by atoms with Gasteiger partial charge in [-0.05, 0) is 44.8 Å². The van der Waals surface area contributed by atoms with Gasteiger partial charge in [-0.15, -0.1) is 22.7 Å². The maximum absolute atomic E-state index is 2.27. The highest BCUT2D eigenvalue weighted by atomic mass is 32.1. The Kier molecular flexibility index (Phi) is 2.63. The maximum Gasteiger partial charge on any atom is 0.0355 e. The van der Waals surface area contributed by atoms with Crippen LogP contribution in [0.1, 0.15) is 20.9 Å². The molecule has 2 heteroatoms. The van der Waals surface area contributed by atoms with Crippen LogP contribution in [-0.2, 0) is 0 Å². The van der Waals surface area contributed by atoms with Gasteiger partial charge in [0.25, 0.3) is 0 Å². The third-order valence-corrected chi connectivity index (χ3v) is 6.00. The van der Waals surface area contributed by atoms with Crippen LogP contribution in [0.15, 0.2) is 71.4 Å². The van der Waals surface area contributed by atoms with Crippen LogP contribution < -0.4 is 0 Å². The van der Waals surface area contributed by atoms with Gasteiger partial charge in [0.1, 0.15) is 0 Å². The average molecular weight is 316 g/mol. The summed E-state index contributed by atoms with van der Waals surface area (Å²) in [5.74, 6) is 0. The molecule has 4 aromatic rings. The second kappa shape index (κ2) is 4.67. The predicted octanol–water partition coefficient (Wildman–Crippen LogP) is 6.28. The van der Waals surface area contributed by atoms with Crippen molar-refractivity contribution in [3.05, 3.63) is 92.3 Å². The van der Waals surface area contributed by atoms with E-state index >= 15 is 0 Å². The summed E-state index contributed by atoms with van der Waals surface area (Å²) in [5.41, 5.74) is 5.53. The van der Waals surface area contributed by atoms with Crippen molar-refractivity contribution >= 4 is 44.6 Å². The molecule has 0 aliphatic heterocycles. The minimum atomic E-state index is 1.33. The van der Waals surface area contributed by atoms with E-state index in [-0.39, 0.29) is 0 Å². The van der Waals surface area contributed by atoms with Gasteiger partial charge in [-0.1, -0.05) is 48.5 Å². The van der Waals surface area contributed by atoms with Gasteiger partial charge in [-0.2, -0.15) is 0 Å². The summed E-state index contributed by atoms with van der Waals surface area (Å²) in [4.78, 5) is 2.71. The van der Waals surface area contributed by atoms with Crippen LogP contribution in [0.2, 0.25) is 0 Å². The molecule has 0 N–H and O–H groups in total. The van der Waals surface area contributed by atoms with E-state index in [4.69, 9.17) is 0 Å². The lowest BCUT2D eigenvalue weighted by Gasteiger charge is -2.06. The Morgan fingerprint density at radius 3 is 1.55 bits per heavy atom. The highest BCUT2D eigenvalue weighted by Gasteiger charge is 2.26. The van der Waals surface area contributed by atoms with E-state index in [2.05, 4.69) is 71.4 Å². The van der Waals surface area contributed by atoms with Gasteiger partial charge in [-0.3, -0.25) is 0 Å². The average Bonchev–Trinajstić information content (AvgIpc) is 3.27. The van der Waals surface area contributed by atoms with Crippen LogP contribution >= 0.6 is 22.7 Å². The van der Waals surface area contributed by atoms with Crippen molar-refractivity contribution < 1.29 is 0 Å². The van der Waals surface area contributed by atoms with E-state index in [0.717, 1.165) is 0 Å². The zero-order chi connectivity index (χ0) is 14.5. The normalized spacial score (nSPS) is 13.3. The minimum Gasteiger partial charge on any atom is -0.144 e. The number of benzene rings is 2. The first-order valence-corrected chi connectivity index (χ1v) is 9.04. The Balaban J connectivity index is 1.96. The maximum atomic E-state index is 2.27. The molecule has 1 aliphatic rings. The molecule has 22 heavy (non-hydrogen) atoms. The molecule has 2 aromatic heterocycles. The molecule has 0 unspecified atom stereocenters. The molecule has 2 heterocycles. The highest BCUT2D eigenvalue weighted by Crippen LogP contribution is 2.49. The molecule has 104 valence electrons. The number of rotatable bonds is 2. The van der Waals surface area contributed by atoms with Crippen molar-refractivity contribution in [1.29, 1.82) is 0 Å². The van der Waals surface area contributed by atoms with Crippen molar-refractivity contribution in [1.82, 2.24) is 0 Å². The van der Waals surface area contributed by atoms with Crippen molar-refractivity contribution in [2.24, 2.45) is 0 Å². The van der Waals surface area contributed by atoms with Gasteiger partial charge in [0.2, 0.25) is 0 Å². The molecular formula is C20H12S2. The van der Waals surface area contributed by atoms with Gasteiger partial charge in [-0.25, -0.2) is 0 Å². The molecule has 1 aliphatic carbocycles. The largest absolute Gasteiger partial charge is 0.144 e. The first kappa shape index (κ1) is 12.4. The van der Waals surface area contributed by atoms with Gasteiger partial charge < -0.3 is 0 Å². The zero-order valence-electron chi connectivity index (χ0n) is 11.7. The summed E-state index contributed by atoms with van der Waals surface area (Å²) in [6.45, 7) is 0. The SMILES string of the molecule is c1csc(C2=C(c3cccs3)c3cccc4cccc2c34)c1. The molecule has 0 spiro atoms. The quantitative estimate of drug-likeness (QED) is 0.359.